The maximum atomic E-state index is 11.9. The summed E-state index contributed by atoms with van der Waals surface area (Å²) in [5, 5.41) is 3.74. The average molecular weight is 362 g/mol. The highest BCUT2D eigenvalue weighted by atomic mass is 35.5. The van der Waals surface area contributed by atoms with Crippen molar-refractivity contribution in [2.24, 2.45) is 0 Å². The number of anilines is 1. The highest BCUT2D eigenvalue weighted by molar-refractivity contribution is 6.42. The molecule has 6 heteroatoms. The number of benzene rings is 2. The van der Waals surface area contributed by atoms with Crippen LogP contribution in [0.5, 0.6) is 5.75 Å². The van der Waals surface area contributed by atoms with Crippen molar-refractivity contribution in [1.82, 2.24) is 0 Å². The van der Waals surface area contributed by atoms with Crippen molar-refractivity contribution in [2.75, 3.05) is 5.32 Å². The van der Waals surface area contributed by atoms with Gasteiger partial charge in [0.2, 0.25) is 0 Å². The van der Waals surface area contributed by atoms with Crippen LogP contribution in [0.15, 0.2) is 65.3 Å². The molecule has 0 atom stereocenters. The molecule has 0 aliphatic carbocycles. The Labute approximate surface area is 149 Å². The Morgan fingerprint density at radius 2 is 1.83 bits per heavy atom. The summed E-state index contributed by atoms with van der Waals surface area (Å²) in [5.74, 6) is 0.636. The van der Waals surface area contributed by atoms with Crippen LogP contribution in [0.25, 0.3) is 0 Å². The molecule has 3 aromatic rings. The molecule has 3 rings (SSSR count). The van der Waals surface area contributed by atoms with E-state index in [0.29, 0.717) is 28.1 Å². The Kier molecular flexibility index (Phi) is 5.08. The second-order valence-corrected chi connectivity index (χ2v) is 5.81. The van der Waals surface area contributed by atoms with E-state index >= 15 is 0 Å². The van der Waals surface area contributed by atoms with E-state index in [1.54, 1.807) is 48.5 Å². The number of carbonyl (C=O) groups is 1. The van der Waals surface area contributed by atoms with Crippen molar-refractivity contribution in [1.29, 1.82) is 0 Å². The van der Waals surface area contributed by atoms with Crippen molar-refractivity contribution in [3.05, 3.63) is 82.2 Å². The number of nitrogens with one attached hydrogen (secondary N) is 1. The molecule has 0 spiro atoms. The van der Waals surface area contributed by atoms with E-state index in [1.165, 1.54) is 6.26 Å². The highest BCUT2D eigenvalue weighted by Crippen LogP contribution is 2.24. The third-order valence-corrected chi connectivity index (χ3v) is 3.99. The first-order valence-corrected chi connectivity index (χ1v) is 7.89. The maximum Gasteiger partial charge on any atom is 0.291 e. The van der Waals surface area contributed by atoms with Crippen LogP contribution >= 0.6 is 23.2 Å². The van der Waals surface area contributed by atoms with E-state index < -0.39 is 0 Å². The van der Waals surface area contributed by atoms with Crippen molar-refractivity contribution in [3.63, 3.8) is 0 Å². The van der Waals surface area contributed by atoms with Gasteiger partial charge in [-0.25, -0.2) is 0 Å². The number of hydrogen-bond acceptors (Lipinski definition) is 3. The fourth-order valence-electron chi connectivity index (χ4n) is 2.03. The normalized spacial score (nSPS) is 10.4. The lowest BCUT2D eigenvalue weighted by Crippen LogP contribution is -2.10. The minimum atomic E-state index is -0.301. The first-order chi connectivity index (χ1) is 11.6. The number of amides is 1. The summed E-state index contributed by atoms with van der Waals surface area (Å²) in [6.07, 6.45) is 1.45. The molecule has 122 valence electrons. The van der Waals surface area contributed by atoms with Gasteiger partial charge in [0.05, 0.1) is 16.3 Å². The SMILES string of the molecule is O=C(Nc1ccc(OCc2ccc(Cl)c(Cl)c2)cc1)c1ccco1. The summed E-state index contributed by atoms with van der Waals surface area (Å²) < 4.78 is 10.7. The Morgan fingerprint density at radius 3 is 2.50 bits per heavy atom. The lowest BCUT2D eigenvalue weighted by Gasteiger charge is -2.08. The van der Waals surface area contributed by atoms with Gasteiger partial charge >= 0.3 is 0 Å². The molecule has 2 aromatic carbocycles. The van der Waals surface area contributed by atoms with Gasteiger partial charge in [-0.3, -0.25) is 4.79 Å². The molecule has 0 saturated carbocycles. The maximum absolute atomic E-state index is 11.9. The zero-order valence-corrected chi connectivity index (χ0v) is 14.0. The lowest BCUT2D eigenvalue weighted by molar-refractivity contribution is 0.0996. The number of rotatable bonds is 5. The van der Waals surface area contributed by atoms with Crippen molar-refractivity contribution < 1.29 is 13.9 Å². The van der Waals surface area contributed by atoms with Gasteiger partial charge < -0.3 is 14.5 Å². The fraction of sp³-hybridized carbons (Fsp3) is 0.0556. The minimum absolute atomic E-state index is 0.259. The monoisotopic (exact) mass is 361 g/mol. The predicted octanol–water partition coefficient (Wildman–Crippen LogP) is 5.42. The van der Waals surface area contributed by atoms with Gasteiger partial charge in [0.25, 0.3) is 5.91 Å². The molecule has 1 heterocycles. The summed E-state index contributed by atoms with van der Waals surface area (Å²) in [7, 11) is 0. The van der Waals surface area contributed by atoms with Gasteiger partial charge in [-0.05, 0) is 54.1 Å². The Morgan fingerprint density at radius 1 is 1.04 bits per heavy atom. The number of carbonyl (C=O) groups excluding carboxylic acids is 1. The molecular formula is C18H13Cl2NO3. The second kappa shape index (κ2) is 7.43. The number of furan rings is 1. The van der Waals surface area contributed by atoms with Crippen molar-refractivity contribution >= 4 is 34.8 Å². The Balaban J connectivity index is 1.58. The molecular weight excluding hydrogens is 349 g/mol. The number of halogens is 2. The van der Waals surface area contributed by atoms with E-state index in [2.05, 4.69) is 5.32 Å². The van der Waals surface area contributed by atoms with E-state index in [-0.39, 0.29) is 11.7 Å². The summed E-state index contributed by atoms with van der Waals surface area (Å²) in [5.41, 5.74) is 1.57. The van der Waals surface area contributed by atoms with Crippen LogP contribution in [0.4, 0.5) is 5.69 Å². The van der Waals surface area contributed by atoms with Crippen LogP contribution in [0, 0.1) is 0 Å². The van der Waals surface area contributed by atoms with Crippen LogP contribution < -0.4 is 10.1 Å². The van der Waals surface area contributed by atoms with Gasteiger partial charge in [0.15, 0.2) is 5.76 Å². The van der Waals surface area contributed by atoms with Crippen molar-refractivity contribution in [3.8, 4) is 5.75 Å². The zero-order valence-electron chi connectivity index (χ0n) is 12.5. The molecule has 0 aliphatic rings. The zero-order chi connectivity index (χ0) is 16.9. The van der Waals surface area contributed by atoms with Gasteiger partial charge in [-0.1, -0.05) is 29.3 Å². The highest BCUT2D eigenvalue weighted by Gasteiger charge is 2.08. The number of ether oxygens (including phenoxy) is 1. The lowest BCUT2D eigenvalue weighted by atomic mass is 10.2. The molecule has 24 heavy (non-hydrogen) atoms. The summed E-state index contributed by atoms with van der Waals surface area (Å²) in [6.45, 7) is 0.370. The summed E-state index contributed by atoms with van der Waals surface area (Å²) >= 11 is 11.9. The van der Waals surface area contributed by atoms with Crippen LogP contribution in [-0.4, -0.2) is 5.91 Å². The minimum Gasteiger partial charge on any atom is -0.489 e. The molecule has 1 aromatic heterocycles. The summed E-state index contributed by atoms with van der Waals surface area (Å²) in [4.78, 5) is 11.9. The van der Waals surface area contributed by atoms with E-state index in [4.69, 9.17) is 32.4 Å². The molecule has 0 saturated heterocycles. The van der Waals surface area contributed by atoms with Crippen LogP contribution in [0.3, 0.4) is 0 Å². The van der Waals surface area contributed by atoms with Gasteiger partial charge in [0, 0.05) is 5.69 Å². The quantitative estimate of drug-likeness (QED) is 0.660. The molecule has 0 aliphatic heterocycles. The fourth-order valence-corrected chi connectivity index (χ4v) is 2.35. The predicted molar refractivity (Wildman–Crippen MR) is 93.9 cm³/mol. The second-order valence-electron chi connectivity index (χ2n) is 4.99. The van der Waals surface area contributed by atoms with Gasteiger partial charge in [-0.15, -0.1) is 0 Å². The smallest absolute Gasteiger partial charge is 0.291 e. The van der Waals surface area contributed by atoms with Gasteiger partial charge in [0.1, 0.15) is 12.4 Å². The molecule has 0 unspecified atom stereocenters. The Hall–Kier alpha value is -2.43. The molecule has 4 nitrogen and oxygen atoms in total. The third-order valence-electron chi connectivity index (χ3n) is 3.25. The number of hydrogen-bond donors (Lipinski definition) is 1. The van der Waals surface area contributed by atoms with Crippen LogP contribution in [-0.2, 0) is 6.61 Å². The first kappa shape index (κ1) is 16.4. The van der Waals surface area contributed by atoms with E-state index in [9.17, 15) is 4.79 Å². The average Bonchev–Trinajstić information content (AvgIpc) is 3.12. The van der Waals surface area contributed by atoms with Gasteiger partial charge in [-0.2, -0.15) is 0 Å². The van der Waals surface area contributed by atoms with Crippen LogP contribution in [0.1, 0.15) is 16.1 Å². The van der Waals surface area contributed by atoms with E-state index in [0.717, 1.165) is 5.56 Å². The largest absolute Gasteiger partial charge is 0.489 e. The molecule has 1 amide bonds. The Bertz CT molecular complexity index is 830. The van der Waals surface area contributed by atoms with E-state index in [1.807, 2.05) is 6.07 Å². The van der Waals surface area contributed by atoms with Crippen LogP contribution in [0.2, 0.25) is 10.0 Å². The first-order valence-electron chi connectivity index (χ1n) is 7.13. The molecule has 1 N–H and O–H groups in total. The molecule has 0 bridgehead atoms. The summed E-state index contributed by atoms with van der Waals surface area (Å²) in [6, 6.07) is 15.7. The van der Waals surface area contributed by atoms with Crippen molar-refractivity contribution in [2.45, 2.75) is 6.61 Å². The molecule has 0 fully saturated rings. The topological polar surface area (TPSA) is 51.5 Å². The standard InChI is InChI=1S/C18H13Cl2NO3/c19-15-8-3-12(10-16(15)20)11-24-14-6-4-13(5-7-14)21-18(22)17-2-1-9-23-17/h1-10H,11H2,(H,21,22). The third kappa shape index (κ3) is 4.10. The molecule has 0 radical (unpaired) electrons.